The number of alkyl halides is 3. The quantitative estimate of drug-likeness (QED) is 0.436. The predicted octanol–water partition coefficient (Wildman–Crippen LogP) is 3.26. The molecular formula is C17H21F3N4OS. The number of ether oxygens (including phenoxy) is 1. The lowest BCUT2D eigenvalue weighted by Gasteiger charge is -2.12. The van der Waals surface area contributed by atoms with Crippen LogP contribution in [0.25, 0.3) is 0 Å². The summed E-state index contributed by atoms with van der Waals surface area (Å²) in [6.45, 7) is 3.44. The van der Waals surface area contributed by atoms with Crippen LogP contribution in [-0.4, -0.2) is 37.7 Å². The summed E-state index contributed by atoms with van der Waals surface area (Å²) in [5, 5.41) is 7.60. The summed E-state index contributed by atoms with van der Waals surface area (Å²) in [7, 11) is 1.63. The second-order valence-electron chi connectivity index (χ2n) is 5.46. The lowest BCUT2D eigenvalue weighted by molar-refractivity contribution is -0.140. The first-order valence-electron chi connectivity index (χ1n) is 8.04. The summed E-state index contributed by atoms with van der Waals surface area (Å²) in [6, 6.07) is 7.78. The van der Waals surface area contributed by atoms with E-state index in [0.717, 1.165) is 28.0 Å². The molecule has 0 aliphatic carbocycles. The Morgan fingerprint density at radius 1 is 1.27 bits per heavy atom. The highest BCUT2D eigenvalue weighted by Gasteiger charge is 2.33. The molecule has 0 spiro atoms. The van der Waals surface area contributed by atoms with Gasteiger partial charge in [-0.15, -0.1) is 11.3 Å². The highest BCUT2D eigenvalue weighted by atomic mass is 32.1. The number of benzene rings is 1. The molecule has 0 aliphatic heterocycles. The number of aromatic nitrogens is 1. The molecule has 0 aliphatic rings. The van der Waals surface area contributed by atoms with Crippen LogP contribution in [0.1, 0.15) is 16.3 Å². The van der Waals surface area contributed by atoms with Crippen molar-refractivity contribution in [3.05, 3.63) is 45.9 Å². The maximum Gasteiger partial charge on any atom is 0.434 e. The maximum atomic E-state index is 12.5. The average Bonchev–Trinajstić information content (AvgIpc) is 3.06. The largest absolute Gasteiger partial charge is 0.492 e. The van der Waals surface area contributed by atoms with Gasteiger partial charge in [-0.3, -0.25) is 4.99 Å². The SMILES string of the molecule is CN=C(NCCOc1cccc(C)c1)NCCc1nc(C(F)(F)F)cs1. The molecule has 0 unspecified atom stereocenters. The first-order chi connectivity index (χ1) is 12.4. The van der Waals surface area contributed by atoms with Gasteiger partial charge in [0.25, 0.3) is 0 Å². The first kappa shape index (κ1) is 20.0. The Balaban J connectivity index is 1.67. The van der Waals surface area contributed by atoms with E-state index in [9.17, 15) is 13.2 Å². The number of halogens is 3. The van der Waals surface area contributed by atoms with E-state index in [1.165, 1.54) is 0 Å². The van der Waals surface area contributed by atoms with Gasteiger partial charge in [0.15, 0.2) is 11.7 Å². The van der Waals surface area contributed by atoms with Gasteiger partial charge in [-0.25, -0.2) is 4.98 Å². The summed E-state index contributed by atoms with van der Waals surface area (Å²) in [5.74, 6) is 1.37. The Kier molecular flexibility index (Phi) is 7.26. The van der Waals surface area contributed by atoms with Crippen LogP contribution in [-0.2, 0) is 12.6 Å². The third-order valence-electron chi connectivity index (χ3n) is 3.35. The molecule has 1 heterocycles. The highest BCUT2D eigenvalue weighted by molar-refractivity contribution is 7.09. The molecule has 5 nitrogen and oxygen atoms in total. The Labute approximate surface area is 154 Å². The summed E-state index contributed by atoms with van der Waals surface area (Å²) < 4.78 is 43.2. The molecule has 26 heavy (non-hydrogen) atoms. The Hall–Kier alpha value is -2.29. The lowest BCUT2D eigenvalue weighted by Crippen LogP contribution is -2.40. The van der Waals surface area contributed by atoms with Crippen LogP contribution in [0.3, 0.4) is 0 Å². The van der Waals surface area contributed by atoms with Crippen molar-refractivity contribution in [3.8, 4) is 5.75 Å². The molecule has 1 aromatic carbocycles. The Bertz CT molecular complexity index is 731. The van der Waals surface area contributed by atoms with Crippen molar-refractivity contribution in [2.24, 2.45) is 4.99 Å². The van der Waals surface area contributed by atoms with E-state index in [4.69, 9.17) is 4.74 Å². The fraction of sp³-hybridized carbons (Fsp3) is 0.412. The molecule has 0 fully saturated rings. The van der Waals surface area contributed by atoms with Gasteiger partial charge in [0.1, 0.15) is 12.4 Å². The zero-order valence-electron chi connectivity index (χ0n) is 14.6. The van der Waals surface area contributed by atoms with Crippen molar-refractivity contribution in [2.45, 2.75) is 19.5 Å². The summed E-state index contributed by atoms with van der Waals surface area (Å²) in [5.41, 5.74) is 0.289. The van der Waals surface area contributed by atoms with Gasteiger partial charge >= 0.3 is 6.18 Å². The van der Waals surface area contributed by atoms with E-state index >= 15 is 0 Å². The summed E-state index contributed by atoms with van der Waals surface area (Å²) >= 11 is 1.00. The normalized spacial score (nSPS) is 12.1. The molecule has 9 heteroatoms. The predicted molar refractivity (Wildman–Crippen MR) is 96.9 cm³/mol. The maximum absolute atomic E-state index is 12.5. The van der Waals surface area contributed by atoms with Gasteiger partial charge < -0.3 is 15.4 Å². The number of nitrogens with zero attached hydrogens (tertiary/aromatic N) is 2. The molecule has 2 aromatic rings. The topological polar surface area (TPSA) is 58.5 Å². The van der Waals surface area contributed by atoms with Crippen molar-refractivity contribution >= 4 is 17.3 Å². The second kappa shape index (κ2) is 9.42. The van der Waals surface area contributed by atoms with Crippen molar-refractivity contribution in [3.63, 3.8) is 0 Å². The van der Waals surface area contributed by atoms with Crippen LogP contribution in [0, 0.1) is 6.92 Å². The number of guanidine groups is 1. The minimum Gasteiger partial charge on any atom is -0.492 e. The van der Waals surface area contributed by atoms with E-state index in [-0.39, 0.29) is 0 Å². The Morgan fingerprint density at radius 3 is 2.69 bits per heavy atom. The number of rotatable bonds is 7. The van der Waals surface area contributed by atoms with Crippen molar-refractivity contribution in [1.29, 1.82) is 0 Å². The molecule has 0 atom stereocenters. The third kappa shape index (κ3) is 6.55. The van der Waals surface area contributed by atoms with Gasteiger partial charge in [0.2, 0.25) is 0 Å². The van der Waals surface area contributed by atoms with Crippen LogP contribution in [0.5, 0.6) is 5.75 Å². The van der Waals surface area contributed by atoms with E-state index in [2.05, 4.69) is 20.6 Å². The third-order valence-corrected chi connectivity index (χ3v) is 4.26. The monoisotopic (exact) mass is 386 g/mol. The van der Waals surface area contributed by atoms with Crippen LogP contribution < -0.4 is 15.4 Å². The average molecular weight is 386 g/mol. The Morgan fingerprint density at radius 2 is 2.04 bits per heavy atom. The molecule has 0 bridgehead atoms. The fourth-order valence-electron chi connectivity index (χ4n) is 2.11. The fourth-order valence-corrected chi connectivity index (χ4v) is 2.91. The van der Waals surface area contributed by atoms with Crippen molar-refractivity contribution < 1.29 is 17.9 Å². The number of aryl methyl sites for hydroxylation is 1. The van der Waals surface area contributed by atoms with E-state index in [1.807, 2.05) is 31.2 Å². The first-order valence-corrected chi connectivity index (χ1v) is 8.92. The standard InChI is InChI=1S/C17H21F3N4OS/c1-12-4-3-5-13(10-12)25-9-8-23-16(21-2)22-7-6-15-24-14(11-26-15)17(18,19)20/h3-5,10-11H,6-9H2,1-2H3,(H2,21,22,23). The van der Waals surface area contributed by atoms with Crippen LogP contribution >= 0.6 is 11.3 Å². The molecule has 0 radical (unpaired) electrons. The number of hydrogen-bond donors (Lipinski definition) is 2. The van der Waals surface area contributed by atoms with E-state index in [0.29, 0.717) is 37.1 Å². The number of nitrogens with one attached hydrogen (secondary N) is 2. The van der Waals surface area contributed by atoms with Crippen molar-refractivity contribution in [1.82, 2.24) is 15.6 Å². The van der Waals surface area contributed by atoms with E-state index in [1.54, 1.807) is 7.05 Å². The minimum absolute atomic E-state index is 0.390. The molecule has 0 saturated heterocycles. The highest BCUT2D eigenvalue weighted by Crippen LogP contribution is 2.29. The van der Waals surface area contributed by atoms with Crippen molar-refractivity contribution in [2.75, 3.05) is 26.7 Å². The minimum atomic E-state index is -4.39. The van der Waals surface area contributed by atoms with Gasteiger partial charge in [0.05, 0.1) is 11.6 Å². The van der Waals surface area contributed by atoms with Gasteiger partial charge in [-0.2, -0.15) is 13.2 Å². The number of aliphatic imine (C=N–C) groups is 1. The molecular weight excluding hydrogens is 365 g/mol. The summed E-state index contributed by atoms with van der Waals surface area (Å²) in [6.07, 6.45) is -4.00. The lowest BCUT2D eigenvalue weighted by atomic mass is 10.2. The van der Waals surface area contributed by atoms with Crippen LogP contribution in [0.2, 0.25) is 0 Å². The number of thiazole rings is 1. The smallest absolute Gasteiger partial charge is 0.434 e. The van der Waals surface area contributed by atoms with Gasteiger partial charge in [-0.1, -0.05) is 12.1 Å². The molecule has 142 valence electrons. The zero-order chi connectivity index (χ0) is 19.0. The van der Waals surface area contributed by atoms with Gasteiger partial charge in [-0.05, 0) is 24.6 Å². The van der Waals surface area contributed by atoms with E-state index < -0.39 is 11.9 Å². The summed E-state index contributed by atoms with van der Waals surface area (Å²) in [4.78, 5) is 7.66. The molecule has 1 aromatic heterocycles. The van der Waals surface area contributed by atoms with Gasteiger partial charge in [0, 0.05) is 25.4 Å². The molecule has 0 saturated carbocycles. The molecule has 2 N–H and O–H groups in total. The zero-order valence-corrected chi connectivity index (χ0v) is 15.4. The second-order valence-corrected chi connectivity index (χ2v) is 6.41. The van der Waals surface area contributed by atoms with Crippen LogP contribution in [0.4, 0.5) is 13.2 Å². The molecule has 2 rings (SSSR count). The molecule has 0 amide bonds. The number of hydrogen-bond acceptors (Lipinski definition) is 4. The van der Waals surface area contributed by atoms with Crippen LogP contribution in [0.15, 0.2) is 34.6 Å².